The lowest BCUT2D eigenvalue weighted by atomic mass is 10.2. The zero-order chi connectivity index (χ0) is 14.3. The zero-order valence-electron chi connectivity index (χ0n) is 11.0. The molecule has 2 heterocycles. The van der Waals surface area contributed by atoms with Gasteiger partial charge in [-0.15, -0.1) is 0 Å². The van der Waals surface area contributed by atoms with Gasteiger partial charge in [-0.25, -0.2) is 4.98 Å². The lowest BCUT2D eigenvalue weighted by Crippen LogP contribution is -2.13. The van der Waals surface area contributed by atoms with Crippen LogP contribution in [0.4, 0.5) is 10.9 Å². The number of thiazole rings is 1. The Bertz CT molecular complexity index is 804. The zero-order valence-corrected chi connectivity index (χ0v) is 11.9. The second-order valence-corrected chi connectivity index (χ2v) is 5.49. The van der Waals surface area contributed by atoms with Crippen LogP contribution >= 0.6 is 11.3 Å². The van der Waals surface area contributed by atoms with Gasteiger partial charge in [0, 0.05) is 7.05 Å². The van der Waals surface area contributed by atoms with Crippen LogP contribution in [0.2, 0.25) is 0 Å². The maximum atomic E-state index is 12.1. The molecule has 2 aromatic heterocycles. The largest absolute Gasteiger partial charge is 0.383 e. The molecule has 102 valence electrons. The number of rotatable bonds is 2. The van der Waals surface area contributed by atoms with Gasteiger partial charge >= 0.3 is 0 Å². The molecule has 0 radical (unpaired) electrons. The van der Waals surface area contributed by atoms with E-state index in [0.717, 1.165) is 15.8 Å². The Labute approximate surface area is 119 Å². The highest BCUT2D eigenvalue weighted by molar-refractivity contribution is 7.22. The number of nitrogens with two attached hydrogens (primary N) is 1. The Morgan fingerprint density at radius 2 is 2.25 bits per heavy atom. The molecule has 3 aromatic rings. The molecule has 20 heavy (non-hydrogen) atoms. The third kappa shape index (κ3) is 2.01. The average Bonchev–Trinajstić information content (AvgIpc) is 2.95. The molecule has 7 heteroatoms. The third-order valence-electron chi connectivity index (χ3n) is 3.07. The minimum absolute atomic E-state index is 0.299. The van der Waals surface area contributed by atoms with E-state index in [0.29, 0.717) is 16.5 Å². The Balaban J connectivity index is 1.91. The summed E-state index contributed by atoms with van der Waals surface area (Å²) in [5, 5.41) is 7.27. The van der Waals surface area contributed by atoms with Gasteiger partial charge in [-0.05, 0) is 18.6 Å². The third-order valence-corrected chi connectivity index (χ3v) is 4.01. The van der Waals surface area contributed by atoms with Gasteiger partial charge in [-0.3, -0.25) is 14.8 Å². The first-order valence-corrected chi connectivity index (χ1v) is 6.83. The van der Waals surface area contributed by atoms with Crippen LogP contribution in [0.1, 0.15) is 15.9 Å². The van der Waals surface area contributed by atoms with Crippen molar-refractivity contribution in [2.24, 2.45) is 7.05 Å². The van der Waals surface area contributed by atoms with E-state index in [2.05, 4.69) is 15.4 Å². The summed E-state index contributed by atoms with van der Waals surface area (Å²) in [6.45, 7) is 1.99. The van der Waals surface area contributed by atoms with Gasteiger partial charge in [0.25, 0.3) is 5.91 Å². The number of nitrogen functional groups attached to an aromatic ring is 1. The maximum Gasteiger partial charge on any atom is 0.262 e. The monoisotopic (exact) mass is 287 g/mol. The minimum atomic E-state index is -0.299. The number of fused-ring (bicyclic) bond motifs is 1. The molecule has 1 aromatic carbocycles. The van der Waals surface area contributed by atoms with Crippen molar-refractivity contribution in [1.29, 1.82) is 0 Å². The van der Waals surface area contributed by atoms with Crippen LogP contribution in [0.15, 0.2) is 24.4 Å². The van der Waals surface area contributed by atoms with Gasteiger partial charge in [0.2, 0.25) is 0 Å². The van der Waals surface area contributed by atoms with Gasteiger partial charge in [0.1, 0.15) is 11.4 Å². The molecule has 0 atom stereocenters. The van der Waals surface area contributed by atoms with E-state index in [9.17, 15) is 4.79 Å². The quantitative estimate of drug-likeness (QED) is 0.756. The van der Waals surface area contributed by atoms with Gasteiger partial charge in [0.15, 0.2) is 5.13 Å². The summed E-state index contributed by atoms with van der Waals surface area (Å²) in [6.07, 6.45) is 1.45. The smallest absolute Gasteiger partial charge is 0.262 e. The molecule has 0 aliphatic rings. The lowest BCUT2D eigenvalue weighted by molar-refractivity contribution is 0.102. The minimum Gasteiger partial charge on any atom is -0.383 e. The van der Waals surface area contributed by atoms with Gasteiger partial charge in [-0.1, -0.05) is 23.5 Å². The van der Waals surface area contributed by atoms with Crippen LogP contribution in [-0.2, 0) is 7.05 Å². The molecule has 3 rings (SSSR count). The standard InChI is InChI=1S/C13H13N5OS/c1-7-4-3-5-9-10(7)16-13(20-9)17-12(19)8-6-15-18(2)11(8)14/h3-6H,14H2,1-2H3,(H,16,17,19). The van der Waals surface area contributed by atoms with E-state index in [1.54, 1.807) is 7.05 Å². The number of anilines is 2. The number of aryl methyl sites for hydroxylation is 2. The molecule has 0 aliphatic carbocycles. The molecule has 0 aliphatic heterocycles. The van der Waals surface area contributed by atoms with Gasteiger partial charge in [-0.2, -0.15) is 5.10 Å². The topological polar surface area (TPSA) is 85.8 Å². The molecule has 0 saturated carbocycles. The Kier molecular flexibility index (Phi) is 2.90. The van der Waals surface area contributed by atoms with E-state index < -0.39 is 0 Å². The molecule has 0 saturated heterocycles. The fourth-order valence-corrected chi connectivity index (χ4v) is 2.86. The van der Waals surface area contributed by atoms with Crippen LogP contribution in [0.5, 0.6) is 0 Å². The highest BCUT2D eigenvalue weighted by atomic mass is 32.1. The van der Waals surface area contributed by atoms with Crippen molar-refractivity contribution in [2.45, 2.75) is 6.92 Å². The summed E-state index contributed by atoms with van der Waals surface area (Å²) in [7, 11) is 1.69. The second-order valence-electron chi connectivity index (χ2n) is 4.46. The maximum absolute atomic E-state index is 12.1. The number of hydrogen-bond donors (Lipinski definition) is 2. The fourth-order valence-electron chi connectivity index (χ4n) is 1.93. The van der Waals surface area contributed by atoms with Crippen LogP contribution in [-0.4, -0.2) is 20.7 Å². The van der Waals surface area contributed by atoms with Crippen molar-refractivity contribution in [3.63, 3.8) is 0 Å². The molecule has 0 unspecified atom stereocenters. The van der Waals surface area contributed by atoms with Crippen molar-refractivity contribution in [3.05, 3.63) is 35.5 Å². The van der Waals surface area contributed by atoms with Crippen LogP contribution in [0.25, 0.3) is 10.2 Å². The first-order chi connectivity index (χ1) is 9.56. The Morgan fingerprint density at radius 1 is 1.45 bits per heavy atom. The number of benzene rings is 1. The summed E-state index contributed by atoms with van der Waals surface area (Å²) in [6, 6.07) is 5.95. The van der Waals surface area contributed by atoms with Crippen LogP contribution < -0.4 is 11.1 Å². The Hall–Kier alpha value is -2.41. The number of hydrogen-bond acceptors (Lipinski definition) is 5. The van der Waals surface area contributed by atoms with Crippen LogP contribution in [0, 0.1) is 6.92 Å². The number of carbonyl (C=O) groups is 1. The average molecular weight is 287 g/mol. The summed E-state index contributed by atoms with van der Waals surface area (Å²) in [5.41, 5.74) is 8.12. The molecule has 3 N–H and O–H groups in total. The van der Waals surface area contributed by atoms with E-state index in [4.69, 9.17) is 5.73 Å². The van der Waals surface area contributed by atoms with E-state index in [1.807, 2.05) is 25.1 Å². The van der Waals surface area contributed by atoms with E-state index in [-0.39, 0.29) is 5.91 Å². The van der Waals surface area contributed by atoms with Crippen molar-refractivity contribution in [2.75, 3.05) is 11.1 Å². The molecule has 0 fully saturated rings. The van der Waals surface area contributed by atoms with Crippen LogP contribution in [0.3, 0.4) is 0 Å². The predicted octanol–water partition coefficient (Wildman–Crippen LogP) is 2.17. The number of aromatic nitrogens is 3. The first kappa shape index (κ1) is 12.6. The molecule has 0 spiro atoms. The summed E-state index contributed by atoms with van der Waals surface area (Å²) in [5.74, 6) is 0.0344. The highest BCUT2D eigenvalue weighted by Crippen LogP contribution is 2.28. The normalized spacial score (nSPS) is 10.9. The van der Waals surface area contributed by atoms with E-state index >= 15 is 0 Å². The molecule has 1 amide bonds. The number of amides is 1. The fraction of sp³-hybridized carbons (Fsp3) is 0.154. The lowest BCUT2D eigenvalue weighted by Gasteiger charge is -2.00. The summed E-state index contributed by atoms with van der Waals surface area (Å²) in [4.78, 5) is 16.6. The summed E-state index contributed by atoms with van der Waals surface area (Å²) < 4.78 is 2.50. The van der Waals surface area contributed by atoms with E-state index in [1.165, 1.54) is 22.2 Å². The van der Waals surface area contributed by atoms with Crippen molar-refractivity contribution < 1.29 is 4.79 Å². The van der Waals surface area contributed by atoms with Gasteiger partial charge in [0.05, 0.1) is 16.4 Å². The first-order valence-electron chi connectivity index (χ1n) is 6.01. The number of carbonyl (C=O) groups excluding carboxylic acids is 1. The van der Waals surface area contributed by atoms with Gasteiger partial charge < -0.3 is 5.73 Å². The summed E-state index contributed by atoms with van der Waals surface area (Å²) >= 11 is 1.44. The molecular weight excluding hydrogens is 274 g/mol. The Morgan fingerprint density at radius 3 is 2.90 bits per heavy atom. The predicted molar refractivity (Wildman–Crippen MR) is 79.9 cm³/mol. The molecule has 0 bridgehead atoms. The molecule has 6 nitrogen and oxygen atoms in total. The number of nitrogens with one attached hydrogen (secondary N) is 1. The number of para-hydroxylation sites is 1. The number of nitrogens with zero attached hydrogens (tertiary/aromatic N) is 3. The highest BCUT2D eigenvalue weighted by Gasteiger charge is 2.15. The molecular formula is C13H13N5OS. The van der Waals surface area contributed by atoms with Crippen molar-refractivity contribution >= 4 is 38.4 Å². The second kappa shape index (κ2) is 4.61. The van der Waals surface area contributed by atoms with Crippen molar-refractivity contribution in [3.8, 4) is 0 Å². The van der Waals surface area contributed by atoms with Crippen molar-refractivity contribution in [1.82, 2.24) is 14.8 Å². The SMILES string of the molecule is Cc1cccc2sc(NC(=O)c3cnn(C)c3N)nc12.